The fourth-order valence-corrected chi connectivity index (χ4v) is 2.38. The maximum Gasteiger partial charge on any atom is 0.270 e. The Morgan fingerprint density at radius 2 is 0.967 bits per heavy atom. The number of hydrogen-bond donors (Lipinski definition) is 8. The standard InChI is InChI=1S/C18H20N6O4S2/c25-13(15(27)21-23-17(29)19-11-7-3-1-4-8-11)14(26)16(28)22-24-18(30)20-12-9-5-2-6-10-12/h1-10,13-14,25-26H,(H,21,27)(H,22,28)(H2,19,23,29)(H2,20,24,30)/t13-,14-/m0/s1. The third-order valence-electron chi connectivity index (χ3n) is 3.50. The van der Waals surface area contributed by atoms with E-state index in [9.17, 15) is 19.8 Å². The van der Waals surface area contributed by atoms with Crippen molar-refractivity contribution in [2.75, 3.05) is 10.6 Å². The number of para-hydroxylation sites is 2. The predicted octanol–water partition coefficient (Wildman–Crippen LogP) is -0.256. The number of anilines is 2. The molecule has 0 saturated heterocycles. The fraction of sp³-hybridized carbons (Fsp3) is 0.111. The number of carbonyl (C=O) groups is 2. The van der Waals surface area contributed by atoms with Crippen molar-refractivity contribution in [2.45, 2.75) is 12.2 Å². The van der Waals surface area contributed by atoms with E-state index in [1.54, 1.807) is 48.5 Å². The van der Waals surface area contributed by atoms with Gasteiger partial charge < -0.3 is 20.8 Å². The van der Waals surface area contributed by atoms with E-state index in [-0.39, 0.29) is 10.2 Å². The van der Waals surface area contributed by atoms with Gasteiger partial charge in [-0.1, -0.05) is 36.4 Å². The Bertz CT molecular complexity index is 811. The van der Waals surface area contributed by atoms with Gasteiger partial charge in [0.05, 0.1) is 0 Å². The van der Waals surface area contributed by atoms with Gasteiger partial charge >= 0.3 is 0 Å². The fourth-order valence-electron chi connectivity index (χ4n) is 2.04. The van der Waals surface area contributed by atoms with Gasteiger partial charge in [-0.05, 0) is 48.7 Å². The highest BCUT2D eigenvalue weighted by molar-refractivity contribution is 7.80. The summed E-state index contributed by atoms with van der Waals surface area (Å²) < 4.78 is 0. The summed E-state index contributed by atoms with van der Waals surface area (Å²) in [6.07, 6.45) is -4.12. The molecular formula is C18H20N6O4S2. The molecule has 0 aliphatic carbocycles. The Morgan fingerprint density at radius 1 is 0.633 bits per heavy atom. The molecule has 0 spiro atoms. The summed E-state index contributed by atoms with van der Waals surface area (Å²) in [6.45, 7) is 0. The molecule has 2 aromatic carbocycles. The van der Waals surface area contributed by atoms with Crippen molar-refractivity contribution in [3.63, 3.8) is 0 Å². The first kappa shape index (κ1) is 23.0. The molecule has 0 aliphatic rings. The Labute approximate surface area is 183 Å². The number of benzene rings is 2. The highest BCUT2D eigenvalue weighted by Crippen LogP contribution is 2.05. The molecule has 0 bridgehead atoms. The molecular weight excluding hydrogens is 428 g/mol. The average molecular weight is 449 g/mol. The monoisotopic (exact) mass is 448 g/mol. The molecule has 8 N–H and O–H groups in total. The predicted molar refractivity (Wildman–Crippen MR) is 120 cm³/mol. The first-order valence-electron chi connectivity index (χ1n) is 8.56. The third kappa shape index (κ3) is 7.60. The normalized spacial score (nSPS) is 11.9. The van der Waals surface area contributed by atoms with Gasteiger partial charge in [0.1, 0.15) is 0 Å². The van der Waals surface area contributed by atoms with E-state index in [1.807, 2.05) is 12.1 Å². The Hall–Kier alpha value is -3.32. The number of carbonyl (C=O) groups excluding carboxylic acids is 2. The maximum atomic E-state index is 11.9. The minimum absolute atomic E-state index is 0.0414. The van der Waals surface area contributed by atoms with Crippen LogP contribution >= 0.6 is 24.4 Å². The number of rotatable bonds is 5. The quantitative estimate of drug-likeness (QED) is 0.227. The van der Waals surface area contributed by atoms with E-state index in [4.69, 9.17) is 24.4 Å². The lowest BCUT2D eigenvalue weighted by atomic mass is 10.2. The lowest BCUT2D eigenvalue weighted by Crippen LogP contribution is -2.56. The first-order valence-corrected chi connectivity index (χ1v) is 9.38. The van der Waals surface area contributed by atoms with Crippen LogP contribution in [0.5, 0.6) is 0 Å². The number of aliphatic hydroxyl groups excluding tert-OH is 2. The van der Waals surface area contributed by atoms with Gasteiger partial charge in [-0.2, -0.15) is 0 Å². The number of nitrogens with one attached hydrogen (secondary N) is 6. The molecule has 0 heterocycles. The molecule has 0 fully saturated rings. The molecule has 0 aromatic heterocycles. The van der Waals surface area contributed by atoms with Crippen LogP contribution in [-0.2, 0) is 9.59 Å². The van der Waals surface area contributed by atoms with Crippen molar-refractivity contribution < 1.29 is 19.8 Å². The lowest BCUT2D eigenvalue weighted by Gasteiger charge is -2.19. The number of aliphatic hydroxyl groups is 2. The van der Waals surface area contributed by atoms with E-state index >= 15 is 0 Å². The van der Waals surface area contributed by atoms with Crippen LogP contribution in [0.4, 0.5) is 11.4 Å². The second-order valence-corrected chi connectivity index (χ2v) is 6.57. The van der Waals surface area contributed by atoms with E-state index in [0.717, 1.165) is 0 Å². The second kappa shape index (κ2) is 11.6. The highest BCUT2D eigenvalue weighted by atomic mass is 32.1. The Kier molecular flexibility index (Phi) is 8.90. The van der Waals surface area contributed by atoms with Crippen LogP contribution in [0, 0.1) is 0 Å². The molecule has 12 heteroatoms. The van der Waals surface area contributed by atoms with Crippen LogP contribution in [0.3, 0.4) is 0 Å². The summed E-state index contributed by atoms with van der Waals surface area (Å²) >= 11 is 9.98. The minimum atomic E-state index is -2.06. The smallest absolute Gasteiger partial charge is 0.270 e. The van der Waals surface area contributed by atoms with Crippen molar-refractivity contribution in [3.8, 4) is 0 Å². The minimum Gasteiger partial charge on any atom is -0.380 e. The van der Waals surface area contributed by atoms with Crippen LogP contribution in [-0.4, -0.2) is 44.5 Å². The molecule has 10 nitrogen and oxygen atoms in total. The summed E-state index contributed by atoms with van der Waals surface area (Å²) in [5.41, 5.74) is 10.3. The van der Waals surface area contributed by atoms with Gasteiger partial charge in [0.2, 0.25) is 0 Å². The van der Waals surface area contributed by atoms with E-state index in [1.165, 1.54) is 0 Å². The first-order chi connectivity index (χ1) is 14.4. The zero-order valence-corrected chi connectivity index (χ0v) is 17.1. The molecule has 2 amide bonds. The summed E-state index contributed by atoms with van der Waals surface area (Å²) in [4.78, 5) is 23.8. The van der Waals surface area contributed by atoms with Gasteiger partial charge in [0.25, 0.3) is 11.8 Å². The van der Waals surface area contributed by atoms with Crippen molar-refractivity contribution in [3.05, 3.63) is 60.7 Å². The average Bonchev–Trinajstić information content (AvgIpc) is 2.76. The van der Waals surface area contributed by atoms with Gasteiger partial charge in [-0.25, -0.2) is 0 Å². The number of thiocarbonyl (C=S) groups is 2. The van der Waals surface area contributed by atoms with E-state index in [2.05, 4.69) is 32.3 Å². The molecule has 2 atom stereocenters. The number of hydrogen-bond acceptors (Lipinski definition) is 6. The second-order valence-electron chi connectivity index (χ2n) is 5.76. The molecule has 0 unspecified atom stereocenters. The molecule has 2 rings (SSSR count). The third-order valence-corrected chi connectivity index (χ3v) is 3.91. The molecule has 0 saturated carbocycles. The maximum absolute atomic E-state index is 11.9. The van der Waals surface area contributed by atoms with Crippen molar-refractivity contribution >= 4 is 57.8 Å². The van der Waals surface area contributed by atoms with E-state index < -0.39 is 24.0 Å². The zero-order chi connectivity index (χ0) is 21.9. The summed E-state index contributed by atoms with van der Waals surface area (Å²) in [5.74, 6) is -2.14. The summed E-state index contributed by atoms with van der Waals surface area (Å²) in [5, 5.41) is 25.4. The van der Waals surface area contributed by atoms with Gasteiger partial charge in [-0.3, -0.25) is 31.3 Å². The molecule has 0 radical (unpaired) electrons. The number of amides is 2. The largest absolute Gasteiger partial charge is 0.380 e. The molecule has 0 aliphatic heterocycles. The van der Waals surface area contributed by atoms with Crippen molar-refractivity contribution in [2.24, 2.45) is 0 Å². The van der Waals surface area contributed by atoms with Crippen molar-refractivity contribution in [1.29, 1.82) is 0 Å². The van der Waals surface area contributed by atoms with Crippen LogP contribution in [0.2, 0.25) is 0 Å². The van der Waals surface area contributed by atoms with Gasteiger partial charge in [-0.15, -0.1) is 0 Å². The van der Waals surface area contributed by atoms with Crippen LogP contribution < -0.4 is 32.3 Å². The summed E-state index contributed by atoms with van der Waals surface area (Å²) in [6, 6.07) is 17.8. The van der Waals surface area contributed by atoms with Gasteiger partial charge in [0.15, 0.2) is 22.4 Å². The topological polar surface area (TPSA) is 147 Å². The van der Waals surface area contributed by atoms with E-state index in [0.29, 0.717) is 11.4 Å². The number of hydrazine groups is 2. The van der Waals surface area contributed by atoms with Crippen LogP contribution in [0.15, 0.2) is 60.7 Å². The molecule has 158 valence electrons. The molecule has 30 heavy (non-hydrogen) atoms. The SMILES string of the molecule is O=C(NNC(=S)Nc1ccccc1)[C@@H](O)[C@H](O)C(=O)NNC(=S)Nc1ccccc1. The van der Waals surface area contributed by atoms with Crippen LogP contribution in [0.1, 0.15) is 0 Å². The Balaban J connectivity index is 1.72. The van der Waals surface area contributed by atoms with Crippen LogP contribution in [0.25, 0.3) is 0 Å². The summed E-state index contributed by atoms with van der Waals surface area (Å²) in [7, 11) is 0. The van der Waals surface area contributed by atoms with Crippen molar-refractivity contribution in [1.82, 2.24) is 21.7 Å². The molecule has 2 aromatic rings. The van der Waals surface area contributed by atoms with Gasteiger partial charge in [0, 0.05) is 11.4 Å². The Morgan fingerprint density at radius 3 is 1.30 bits per heavy atom. The lowest BCUT2D eigenvalue weighted by molar-refractivity contribution is -0.146. The zero-order valence-electron chi connectivity index (χ0n) is 15.5. The highest BCUT2D eigenvalue weighted by Gasteiger charge is 2.30.